The third-order valence-electron chi connectivity index (χ3n) is 6.97. The number of benzene rings is 2. The van der Waals surface area contributed by atoms with Crippen LogP contribution in [0.4, 0.5) is 4.39 Å². The van der Waals surface area contributed by atoms with Crippen molar-refractivity contribution in [2.24, 2.45) is 0 Å². The topological polar surface area (TPSA) is 77.9 Å². The Balaban J connectivity index is 1.09. The summed E-state index contributed by atoms with van der Waals surface area (Å²) in [7, 11) is 0. The van der Waals surface area contributed by atoms with Gasteiger partial charge in [0.25, 0.3) is 5.91 Å². The van der Waals surface area contributed by atoms with Crippen LogP contribution in [0.5, 0.6) is 11.6 Å². The molecule has 1 fully saturated rings. The van der Waals surface area contributed by atoms with E-state index in [-0.39, 0.29) is 23.5 Å². The van der Waals surface area contributed by atoms with Crippen LogP contribution in [-0.2, 0) is 24.2 Å². The molecule has 8 nitrogen and oxygen atoms in total. The second-order valence-corrected chi connectivity index (χ2v) is 9.52. The Morgan fingerprint density at radius 2 is 1.97 bits per heavy atom. The number of halogens is 1. The number of aromatic nitrogens is 2. The molecule has 36 heavy (non-hydrogen) atoms. The Hall–Kier alpha value is -3.43. The first-order valence-electron chi connectivity index (χ1n) is 12.5. The Labute approximate surface area is 208 Å². The average Bonchev–Trinajstić information content (AvgIpc) is 3.33. The fourth-order valence-electron chi connectivity index (χ4n) is 5.08. The number of amides is 1. The number of aryl methyl sites for hydroxylation is 1. The van der Waals surface area contributed by atoms with E-state index < -0.39 is 6.10 Å². The minimum Gasteiger partial charge on any atom is -0.491 e. The number of nitrogens with one attached hydrogen (secondary N) is 1. The van der Waals surface area contributed by atoms with Crippen molar-refractivity contribution >= 4 is 5.91 Å². The molecule has 1 unspecified atom stereocenters. The average molecular weight is 493 g/mol. The van der Waals surface area contributed by atoms with Crippen molar-refractivity contribution in [2.45, 2.75) is 38.1 Å². The van der Waals surface area contributed by atoms with E-state index in [1.807, 2.05) is 6.07 Å². The first-order chi connectivity index (χ1) is 17.6. The standard InChI is InChI=1S/C27H29FN4O4/c28-22-4-2-1-3-21(22)25-7-8-32-26(36-25)15-23(30-32)27(33)29-20-14-19-13-18(5-6-24(19)35-17-20)16-31-9-11-34-12-10-31/h1-6,13,15,20,25H,7-12,14,16-17H2,(H,29,33)/t20-,25?/m1/s1. The second kappa shape index (κ2) is 9.91. The van der Waals surface area contributed by atoms with Crippen LogP contribution in [0.25, 0.3) is 0 Å². The third-order valence-corrected chi connectivity index (χ3v) is 6.97. The van der Waals surface area contributed by atoms with Gasteiger partial charge in [-0.1, -0.05) is 30.3 Å². The van der Waals surface area contributed by atoms with Crippen molar-refractivity contribution in [3.8, 4) is 11.6 Å². The minimum atomic E-state index is -0.402. The molecule has 9 heteroatoms. The lowest BCUT2D eigenvalue weighted by atomic mass is 9.99. The highest BCUT2D eigenvalue weighted by molar-refractivity contribution is 5.92. The normalized spacial score (nSPS) is 21.6. The van der Waals surface area contributed by atoms with Gasteiger partial charge in [0.1, 0.15) is 24.3 Å². The number of fused-ring (bicyclic) bond motifs is 2. The highest BCUT2D eigenvalue weighted by atomic mass is 19.1. The molecule has 0 radical (unpaired) electrons. The van der Waals surface area contributed by atoms with Crippen molar-refractivity contribution < 1.29 is 23.4 Å². The molecule has 2 aromatic carbocycles. The maximum absolute atomic E-state index is 14.2. The van der Waals surface area contributed by atoms with Gasteiger partial charge in [0.15, 0.2) is 5.69 Å². The molecule has 1 aromatic heterocycles. The molecule has 0 spiro atoms. The van der Waals surface area contributed by atoms with Crippen LogP contribution in [0.2, 0.25) is 0 Å². The molecule has 6 rings (SSSR count). The van der Waals surface area contributed by atoms with Crippen molar-refractivity contribution in [1.29, 1.82) is 0 Å². The van der Waals surface area contributed by atoms with Gasteiger partial charge in [-0.2, -0.15) is 5.10 Å². The van der Waals surface area contributed by atoms with Crippen molar-refractivity contribution in [3.63, 3.8) is 0 Å². The fraction of sp³-hybridized carbons (Fsp3) is 0.407. The van der Waals surface area contributed by atoms with Crippen molar-refractivity contribution in [1.82, 2.24) is 20.0 Å². The monoisotopic (exact) mass is 492 g/mol. The van der Waals surface area contributed by atoms with Gasteiger partial charge in [-0.3, -0.25) is 9.69 Å². The number of ether oxygens (including phenoxy) is 3. The van der Waals surface area contributed by atoms with E-state index in [2.05, 4.69) is 27.4 Å². The lowest BCUT2D eigenvalue weighted by molar-refractivity contribution is 0.0341. The van der Waals surface area contributed by atoms with Gasteiger partial charge in [0, 0.05) is 44.2 Å². The van der Waals surface area contributed by atoms with E-state index in [0.29, 0.717) is 37.4 Å². The van der Waals surface area contributed by atoms with E-state index in [1.165, 1.54) is 11.6 Å². The van der Waals surface area contributed by atoms with Gasteiger partial charge >= 0.3 is 0 Å². The molecule has 0 aliphatic carbocycles. The predicted octanol–water partition coefficient (Wildman–Crippen LogP) is 3.11. The quantitative estimate of drug-likeness (QED) is 0.590. The zero-order chi connectivity index (χ0) is 24.5. The molecular formula is C27H29FN4O4. The summed E-state index contributed by atoms with van der Waals surface area (Å²) in [5, 5.41) is 7.48. The number of hydrogen-bond donors (Lipinski definition) is 1. The Morgan fingerprint density at radius 3 is 2.83 bits per heavy atom. The van der Waals surface area contributed by atoms with E-state index in [9.17, 15) is 9.18 Å². The smallest absolute Gasteiger partial charge is 0.272 e. The Morgan fingerprint density at radius 1 is 1.11 bits per heavy atom. The number of carbonyl (C=O) groups is 1. The SMILES string of the molecule is O=C(N[C@H]1COc2ccc(CN3CCOCC3)cc2C1)c1cc2n(n1)CCC(c1ccccc1F)O2. The molecule has 0 bridgehead atoms. The molecule has 4 heterocycles. The summed E-state index contributed by atoms with van der Waals surface area (Å²) in [6.45, 7) is 5.25. The maximum atomic E-state index is 14.2. The molecule has 3 aliphatic rings. The number of rotatable bonds is 5. The number of nitrogens with zero attached hydrogens (tertiary/aromatic N) is 3. The maximum Gasteiger partial charge on any atom is 0.272 e. The van der Waals surface area contributed by atoms with Crippen LogP contribution in [0.15, 0.2) is 48.5 Å². The number of carbonyl (C=O) groups excluding carboxylic acids is 1. The second-order valence-electron chi connectivity index (χ2n) is 9.52. The highest BCUT2D eigenvalue weighted by Crippen LogP contribution is 2.32. The predicted molar refractivity (Wildman–Crippen MR) is 130 cm³/mol. The summed E-state index contributed by atoms with van der Waals surface area (Å²) >= 11 is 0. The Bertz CT molecular complexity index is 1260. The molecule has 0 saturated carbocycles. The van der Waals surface area contributed by atoms with Crippen LogP contribution in [-0.4, -0.2) is 59.5 Å². The van der Waals surface area contributed by atoms with Crippen LogP contribution >= 0.6 is 0 Å². The van der Waals surface area contributed by atoms with Crippen molar-refractivity contribution in [2.75, 3.05) is 32.9 Å². The molecular weight excluding hydrogens is 463 g/mol. The minimum absolute atomic E-state index is 0.158. The third kappa shape index (κ3) is 4.81. The molecule has 2 atom stereocenters. The van der Waals surface area contributed by atoms with Gasteiger partial charge in [-0.25, -0.2) is 9.07 Å². The Kier molecular flexibility index (Phi) is 6.33. The molecule has 188 valence electrons. The van der Waals surface area contributed by atoms with E-state index >= 15 is 0 Å². The summed E-state index contributed by atoms with van der Waals surface area (Å²) < 4.78 is 33.2. The number of hydrogen-bond acceptors (Lipinski definition) is 6. The lowest BCUT2D eigenvalue weighted by Gasteiger charge is -2.28. The van der Waals surface area contributed by atoms with Gasteiger partial charge in [0.05, 0.1) is 19.3 Å². The van der Waals surface area contributed by atoms with Crippen molar-refractivity contribution in [3.05, 3.63) is 76.7 Å². The first kappa shape index (κ1) is 23.0. The lowest BCUT2D eigenvalue weighted by Crippen LogP contribution is -2.43. The summed E-state index contributed by atoms with van der Waals surface area (Å²) in [5.41, 5.74) is 3.13. The molecule has 1 saturated heterocycles. The summed E-state index contributed by atoms with van der Waals surface area (Å²) in [5.74, 6) is 0.775. The van der Waals surface area contributed by atoms with Gasteiger partial charge in [0.2, 0.25) is 5.88 Å². The first-order valence-corrected chi connectivity index (χ1v) is 12.5. The van der Waals surface area contributed by atoms with Crippen LogP contribution < -0.4 is 14.8 Å². The van der Waals surface area contributed by atoms with Crippen LogP contribution in [0.3, 0.4) is 0 Å². The van der Waals surface area contributed by atoms with Crippen LogP contribution in [0.1, 0.15) is 39.7 Å². The van der Waals surface area contributed by atoms with Gasteiger partial charge in [-0.05, 0) is 29.7 Å². The summed E-state index contributed by atoms with van der Waals surface area (Å²) in [6.07, 6.45) is 0.870. The fourth-order valence-corrected chi connectivity index (χ4v) is 5.08. The summed E-state index contributed by atoms with van der Waals surface area (Å²) in [4.78, 5) is 15.4. The van der Waals surface area contributed by atoms with E-state index in [0.717, 1.165) is 44.2 Å². The zero-order valence-electron chi connectivity index (χ0n) is 20.0. The largest absolute Gasteiger partial charge is 0.491 e. The zero-order valence-corrected chi connectivity index (χ0v) is 20.0. The van der Waals surface area contributed by atoms with E-state index in [4.69, 9.17) is 14.2 Å². The van der Waals surface area contributed by atoms with E-state index in [1.54, 1.807) is 28.9 Å². The number of morpholine rings is 1. The summed E-state index contributed by atoms with van der Waals surface area (Å²) in [6, 6.07) is 14.4. The van der Waals surface area contributed by atoms with Gasteiger partial charge in [-0.15, -0.1) is 0 Å². The highest BCUT2D eigenvalue weighted by Gasteiger charge is 2.28. The van der Waals surface area contributed by atoms with Crippen LogP contribution in [0, 0.1) is 5.82 Å². The molecule has 3 aromatic rings. The molecule has 1 amide bonds. The molecule has 3 aliphatic heterocycles. The molecule has 1 N–H and O–H groups in total. The van der Waals surface area contributed by atoms with Gasteiger partial charge < -0.3 is 19.5 Å².